The second kappa shape index (κ2) is 4.34. The standard InChI is InChI=1S/C9H8N2OS2/c12-6-10-4-7-5-14-9(11-7)8-2-1-3-13-8/h1-3,5-6H,4H2,(H,10,12). The first-order valence-electron chi connectivity index (χ1n) is 4.05. The zero-order valence-electron chi connectivity index (χ0n) is 7.27. The third-order valence-electron chi connectivity index (χ3n) is 1.65. The normalized spacial score (nSPS) is 10.0. The van der Waals surface area contributed by atoms with Crippen LogP contribution >= 0.6 is 22.7 Å². The van der Waals surface area contributed by atoms with Crippen LogP contribution < -0.4 is 5.32 Å². The maximum absolute atomic E-state index is 10.1. The summed E-state index contributed by atoms with van der Waals surface area (Å²) in [6, 6.07) is 4.05. The lowest BCUT2D eigenvalue weighted by atomic mass is 10.4. The smallest absolute Gasteiger partial charge is 0.207 e. The van der Waals surface area contributed by atoms with Crippen LogP contribution in [0.1, 0.15) is 5.69 Å². The molecule has 1 N–H and O–H groups in total. The molecule has 0 saturated heterocycles. The summed E-state index contributed by atoms with van der Waals surface area (Å²) in [6.45, 7) is 0.505. The Morgan fingerprint density at radius 1 is 1.50 bits per heavy atom. The highest BCUT2D eigenvalue weighted by Crippen LogP contribution is 2.27. The first-order valence-corrected chi connectivity index (χ1v) is 5.81. The van der Waals surface area contributed by atoms with Gasteiger partial charge in [-0.05, 0) is 11.4 Å². The highest BCUT2D eigenvalue weighted by atomic mass is 32.1. The molecule has 2 aromatic heterocycles. The SMILES string of the molecule is O=CNCc1csc(-c2cccs2)n1. The number of nitrogens with one attached hydrogen (secondary N) is 1. The minimum Gasteiger partial charge on any atom is -0.353 e. The summed E-state index contributed by atoms with van der Waals surface area (Å²) in [5, 5.41) is 7.60. The molecule has 2 rings (SSSR count). The fourth-order valence-electron chi connectivity index (χ4n) is 1.05. The van der Waals surface area contributed by atoms with Gasteiger partial charge in [-0.1, -0.05) is 6.07 Å². The second-order valence-electron chi connectivity index (χ2n) is 2.62. The van der Waals surface area contributed by atoms with E-state index < -0.39 is 0 Å². The summed E-state index contributed by atoms with van der Waals surface area (Å²) < 4.78 is 0. The van der Waals surface area contributed by atoms with Crippen LogP contribution in [0, 0.1) is 0 Å². The summed E-state index contributed by atoms with van der Waals surface area (Å²) in [6.07, 6.45) is 0.685. The molecular weight excluding hydrogens is 216 g/mol. The van der Waals surface area contributed by atoms with Gasteiger partial charge in [0.15, 0.2) is 0 Å². The molecule has 0 aliphatic heterocycles. The molecule has 0 fully saturated rings. The third-order valence-corrected chi connectivity index (χ3v) is 3.58. The van der Waals surface area contributed by atoms with Crippen molar-refractivity contribution in [3.63, 3.8) is 0 Å². The number of rotatable bonds is 4. The molecule has 0 radical (unpaired) electrons. The zero-order chi connectivity index (χ0) is 9.80. The molecular formula is C9H8N2OS2. The van der Waals surface area contributed by atoms with Gasteiger partial charge in [-0.3, -0.25) is 4.79 Å². The van der Waals surface area contributed by atoms with Crippen molar-refractivity contribution in [3.05, 3.63) is 28.6 Å². The molecule has 0 saturated carbocycles. The number of hydrogen-bond acceptors (Lipinski definition) is 4. The Hall–Kier alpha value is -1.20. The van der Waals surface area contributed by atoms with Gasteiger partial charge in [0.2, 0.25) is 6.41 Å². The van der Waals surface area contributed by atoms with Crippen LogP contribution in [0.15, 0.2) is 22.9 Å². The van der Waals surface area contributed by atoms with E-state index in [4.69, 9.17) is 0 Å². The molecule has 14 heavy (non-hydrogen) atoms. The first-order chi connectivity index (χ1) is 6.90. The minimum absolute atomic E-state index is 0.505. The van der Waals surface area contributed by atoms with Gasteiger partial charge < -0.3 is 5.32 Å². The number of hydrogen-bond donors (Lipinski definition) is 1. The van der Waals surface area contributed by atoms with E-state index in [2.05, 4.69) is 10.3 Å². The predicted octanol–water partition coefficient (Wildman–Crippen LogP) is 2.12. The van der Waals surface area contributed by atoms with Crippen LogP contribution in [0.5, 0.6) is 0 Å². The van der Waals surface area contributed by atoms with Crippen molar-refractivity contribution < 1.29 is 4.79 Å². The minimum atomic E-state index is 0.505. The average molecular weight is 224 g/mol. The number of carbonyl (C=O) groups is 1. The number of thiophene rings is 1. The second-order valence-corrected chi connectivity index (χ2v) is 4.43. The van der Waals surface area contributed by atoms with Crippen molar-refractivity contribution >= 4 is 29.1 Å². The molecule has 2 heterocycles. The fraction of sp³-hybridized carbons (Fsp3) is 0.111. The largest absolute Gasteiger partial charge is 0.353 e. The molecule has 2 aromatic rings. The zero-order valence-corrected chi connectivity index (χ0v) is 8.90. The van der Waals surface area contributed by atoms with Gasteiger partial charge in [0.1, 0.15) is 5.01 Å². The molecule has 72 valence electrons. The molecule has 0 unspecified atom stereocenters. The third kappa shape index (κ3) is 2.00. The number of thiazole rings is 1. The van der Waals surface area contributed by atoms with Crippen LogP contribution in [0.3, 0.4) is 0 Å². The maximum Gasteiger partial charge on any atom is 0.207 e. The first kappa shape index (κ1) is 9.36. The summed E-state index contributed by atoms with van der Waals surface area (Å²) in [7, 11) is 0. The Morgan fingerprint density at radius 3 is 3.14 bits per heavy atom. The molecule has 0 aliphatic rings. The van der Waals surface area contributed by atoms with Gasteiger partial charge in [0, 0.05) is 5.38 Å². The van der Waals surface area contributed by atoms with E-state index in [1.807, 2.05) is 22.9 Å². The van der Waals surface area contributed by atoms with E-state index in [0.717, 1.165) is 10.7 Å². The average Bonchev–Trinajstić information content (AvgIpc) is 2.85. The summed E-state index contributed by atoms with van der Waals surface area (Å²) >= 11 is 3.27. The van der Waals surface area contributed by atoms with Crippen LogP contribution in [0.4, 0.5) is 0 Å². The Labute approximate surface area is 89.4 Å². The van der Waals surface area contributed by atoms with Crippen molar-refractivity contribution in [2.24, 2.45) is 0 Å². The van der Waals surface area contributed by atoms with Crippen LogP contribution in [0.25, 0.3) is 9.88 Å². The van der Waals surface area contributed by atoms with Crippen LogP contribution in [-0.4, -0.2) is 11.4 Å². The van der Waals surface area contributed by atoms with Gasteiger partial charge in [-0.2, -0.15) is 0 Å². The van der Waals surface area contributed by atoms with Crippen molar-refractivity contribution in [2.45, 2.75) is 6.54 Å². The molecule has 0 atom stereocenters. The Kier molecular flexibility index (Phi) is 2.90. The van der Waals surface area contributed by atoms with Crippen molar-refractivity contribution in [1.29, 1.82) is 0 Å². The van der Waals surface area contributed by atoms with E-state index in [-0.39, 0.29) is 0 Å². The lowest BCUT2D eigenvalue weighted by molar-refractivity contribution is -0.109. The quantitative estimate of drug-likeness (QED) is 0.808. The molecule has 0 spiro atoms. The van der Waals surface area contributed by atoms with E-state index in [1.54, 1.807) is 22.7 Å². The summed E-state index contributed by atoms with van der Waals surface area (Å²) in [5.74, 6) is 0. The van der Waals surface area contributed by atoms with Crippen LogP contribution in [-0.2, 0) is 11.3 Å². The predicted molar refractivity (Wildman–Crippen MR) is 58.3 cm³/mol. The monoisotopic (exact) mass is 224 g/mol. The van der Waals surface area contributed by atoms with Gasteiger partial charge in [-0.15, -0.1) is 22.7 Å². The Bertz CT molecular complexity index is 408. The maximum atomic E-state index is 10.1. The van der Waals surface area contributed by atoms with E-state index in [9.17, 15) is 4.79 Å². The highest BCUT2D eigenvalue weighted by Gasteiger charge is 2.04. The summed E-state index contributed by atoms with van der Waals surface area (Å²) in [4.78, 5) is 15.7. The molecule has 3 nitrogen and oxygen atoms in total. The van der Waals surface area contributed by atoms with Gasteiger partial charge in [0.25, 0.3) is 0 Å². The Balaban J connectivity index is 2.14. The van der Waals surface area contributed by atoms with Gasteiger partial charge >= 0.3 is 0 Å². The van der Waals surface area contributed by atoms with Crippen molar-refractivity contribution in [3.8, 4) is 9.88 Å². The lowest BCUT2D eigenvalue weighted by Crippen LogP contribution is -2.09. The number of aromatic nitrogens is 1. The number of amides is 1. The van der Waals surface area contributed by atoms with Gasteiger partial charge in [0.05, 0.1) is 17.1 Å². The molecule has 5 heteroatoms. The van der Waals surface area contributed by atoms with Crippen molar-refractivity contribution in [2.75, 3.05) is 0 Å². The molecule has 0 aliphatic carbocycles. The molecule has 1 amide bonds. The van der Waals surface area contributed by atoms with E-state index in [1.165, 1.54) is 4.88 Å². The lowest BCUT2D eigenvalue weighted by Gasteiger charge is -1.91. The highest BCUT2D eigenvalue weighted by molar-refractivity contribution is 7.20. The number of nitrogens with zero attached hydrogens (tertiary/aromatic N) is 1. The topological polar surface area (TPSA) is 42.0 Å². The van der Waals surface area contributed by atoms with E-state index >= 15 is 0 Å². The summed E-state index contributed by atoms with van der Waals surface area (Å²) in [5.41, 5.74) is 0.908. The van der Waals surface area contributed by atoms with E-state index in [0.29, 0.717) is 13.0 Å². The molecule has 0 aromatic carbocycles. The fourth-order valence-corrected chi connectivity index (χ4v) is 2.68. The Morgan fingerprint density at radius 2 is 2.43 bits per heavy atom. The van der Waals surface area contributed by atoms with Gasteiger partial charge in [-0.25, -0.2) is 4.98 Å². The molecule has 0 bridgehead atoms. The van der Waals surface area contributed by atoms with Crippen molar-refractivity contribution in [1.82, 2.24) is 10.3 Å². The van der Waals surface area contributed by atoms with Crippen LogP contribution in [0.2, 0.25) is 0 Å². The number of carbonyl (C=O) groups excluding carboxylic acids is 1.